The lowest BCUT2D eigenvalue weighted by Gasteiger charge is -2.45. The van der Waals surface area contributed by atoms with Gasteiger partial charge in [0, 0.05) is 23.5 Å². The molecule has 10 heteroatoms. The topological polar surface area (TPSA) is 130 Å². The van der Waals surface area contributed by atoms with E-state index in [2.05, 4.69) is 17.0 Å². The molecule has 0 amide bonds. The molecule has 0 aromatic heterocycles. The van der Waals surface area contributed by atoms with E-state index in [1.807, 2.05) is 18.2 Å². The van der Waals surface area contributed by atoms with E-state index in [0.717, 1.165) is 42.8 Å². The fourth-order valence-electron chi connectivity index (χ4n) is 7.25. The van der Waals surface area contributed by atoms with Crippen molar-refractivity contribution in [3.8, 4) is 5.75 Å². The number of halogens is 1. The highest BCUT2D eigenvalue weighted by atomic mass is 35.5. The van der Waals surface area contributed by atoms with Crippen LogP contribution in [-0.2, 0) is 21.9 Å². The van der Waals surface area contributed by atoms with Crippen LogP contribution in [-0.4, -0.2) is 55.7 Å². The van der Waals surface area contributed by atoms with Crippen LogP contribution in [0.3, 0.4) is 0 Å². The zero-order valence-electron chi connectivity index (χ0n) is 22.9. The highest BCUT2D eigenvalue weighted by molar-refractivity contribution is 7.89. The van der Waals surface area contributed by atoms with Gasteiger partial charge in [0.15, 0.2) is 0 Å². The molecule has 220 valence electrons. The summed E-state index contributed by atoms with van der Waals surface area (Å²) in [6.45, 7) is 1.86. The summed E-state index contributed by atoms with van der Waals surface area (Å²) in [6, 6.07) is 11.2. The summed E-state index contributed by atoms with van der Waals surface area (Å²) in [7, 11) is -3.50. The van der Waals surface area contributed by atoms with Crippen molar-refractivity contribution in [1.29, 1.82) is 0 Å². The molecule has 3 aliphatic carbocycles. The van der Waals surface area contributed by atoms with Crippen molar-refractivity contribution in [2.24, 2.45) is 22.9 Å². The molecular weight excluding hydrogens is 564 g/mol. The number of carboxylic acids is 1. The molecule has 1 spiro atoms. The lowest BCUT2D eigenvalue weighted by atomic mass is 9.68. The molecule has 2 aromatic rings. The Bertz CT molecular complexity index is 1470. The van der Waals surface area contributed by atoms with Crippen LogP contribution < -0.4 is 14.8 Å². The number of aryl methyl sites for hydroxylation is 1. The molecule has 0 radical (unpaired) electrons. The summed E-state index contributed by atoms with van der Waals surface area (Å²) in [5.41, 5.74) is 3.23. The standard InChI is InChI=1S/C31H37ClN2O6S/c32-23-6-8-26-20(14-23)2-1-11-31(26)17-34(27-15-21(30(36)37)5-10-29(27)40-18-31)16-22-4-7-25(22)28(35)9-3-19-12-24(13-19)41(33,38)39/h3,5-6,8-10,14-15,19,22,24-25,28,35H,1-2,4,7,11-13,16-18H2,(H,36,37)(H2,33,38,39)/b9-3+/t19-,22-,24+,25+,28-,31-/m0/s1. The third-order valence-electron chi connectivity index (χ3n) is 9.83. The third-order valence-corrected chi connectivity index (χ3v) is 11.4. The Morgan fingerprint density at radius 2 is 2.02 bits per heavy atom. The second-order valence-electron chi connectivity index (χ2n) is 12.4. The molecule has 8 nitrogen and oxygen atoms in total. The van der Waals surface area contributed by atoms with Crippen molar-refractivity contribution in [2.45, 2.75) is 61.7 Å². The maximum atomic E-state index is 11.9. The molecule has 2 saturated carbocycles. The fourth-order valence-corrected chi connectivity index (χ4v) is 8.47. The maximum Gasteiger partial charge on any atom is 0.335 e. The lowest BCUT2D eigenvalue weighted by Crippen LogP contribution is -2.49. The minimum Gasteiger partial charge on any atom is -0.490 e. The van der Waals surface area contributed by atoms with Crippen LogP contribution in [0, 0.1) is 17.8 Å². The zero-order valence-corrected chi connectivity index (χ0v) is 24.5. The van der Waals surface area contributed by atoms with Gasteiger partial charge in [-0.3, -0.25) is 0 Å². The van der Waals surface area contributed by atoms with Crippen LogP contribution in [0.1, 0.15) is 60.0 Å². The van der Waals surface area contributed by atoms with Crippen LogP contribution in [0.5, 0.6) is 5.75 Å². The number of primary sulfonamides is 1. The van der Waals surface area contributed by atoms with Gasteiger partial charge in [-0.05, 0) is 104 Å². The Hall–Kier alpha value is -2.59. The molecule has 2 fully saturated rings. The number of hydrogen-bond donors (Lipinski definition) is 3. The molecule has 1 heterocycles. The molecule has 1 aliphatic heterocycles. The van der Waals surface area contributed by atoms with Crippen LogP contribution in [0.25, 0.3) is 0 Å². The number of fused-ring (bicyclic) bond motifs is 3. The van der Waals surface area contributed by atoms with E-state index >= 15 is 0 Å². The number of carbonyl (C=O) groups is 1. The third kappa shape index (κ3) is 5.61. The summed E-state index contributed by atoms with van der Waals surface area (Å²) in [4.78, 5) is 14.2. The van der Waals surface area contributed by atoms with Gasteiger partial charge in [-0.2, -0.15) is 0 Å². The fraction of sp³-hybridized carbons (Fsp3) is 0.516. The van der Waals surface area contributed by atoms with Crippen LogP contribution in [0.15, 0.2) is 48.6 Å². The van der Waals surface area contributed by atoms with Gasteiger partial charge in [0.1, 0.15) is 5.75 Å². The summed E-state index contributed by atoms with van der Waals surface area (Å²) < 4.78 is 29.5. The number of nitrogens with two attached hydrogens (primary N) is 1. The number of carboxylic acid groups (broad SMARTS) is 1. The number of nitrogens with zero attached hydrogens (tertiary/aromatic N) is 1. The average Bonchev–Trinajstić information content (AvgIpc) is 3.02. The van der Waals surface area contributed by atoms with E-state index in [4.69, 9.17) is 21.5 Å². The van der Waals surface area contributed by atoms with Crippen molar-refractivity contribution in [1.82, 2.24) is 0 Å². The minimum atomic E-state index is -3.50. The molecule has 41 heavy (non-hydrogen) atoms. The predicted octanol–water partition coefficient (Wildman–Crippen LogP) is 4.52. The predicted molar refractivity (Wildman–Crippen MR) is 158 cm³/mol. The Kier molecular flexibility index (Phi) is 7.59. The first-order chi connectivity index (χ1) is 19.5. The van der Waals surface area contributed by atoms with Crippen molar-refractivity contribution in [2.75, 3.05) is 24.6 Å². The van der Waals surface area contributed by atoms with Gasteiger partial charge in [0.25, 0.3) is 0 Å². The van der Waals surface area contributed by atoms with Crippen molar-refractivity contribution < 1.29 is 28.2 Å². The molecule has 2 aromatic carbocycles. The second-order valence-corrected chi connectivity index (χ2v) is 14.7. The summed E-state index contributed by atoms with van der Waals surface area (Å²) in [5, 5.41) is 26.3. The van der Waals surface area contributed by atoms with E-state index in [0.29, 0.717) is 38.3 Å². The SMILES string of the molecule is NS(=O)(=O)[C@H]1C[C@@H](/C=C/[C@H](O)[C@@H]2CC[C@H]2CN2C[C@@]3(CCCc4cc(Cl)ccc43)COc3ccc(C(=O)O)cc32)C1. The molecule has 4 N–H and O–H groups in total. The van der Waals surface area contributed by atoms with E-state index in [1.165, 1.54) is 11.1 Å². The molecule has 4 aliphatic rings. The first-order valence-corrected chi connectivity index (χ1v) is 16.4. The average molecular weight is 601 g/mol. The van der Waals surface area contributed by atoms with Gasteiger partial charge in [0.2, 0.25) is 10.0 Å². The molecule has 4 atom stereocenters. The zero-order chi connectivity index (χ0) is 28.9. The molecular formula is C31H37ClN2O6S. The van der Waals surface area contributed by atoms with Crippen LogP contribution in [0.2, 0.25) is 5.02 Å². The molecule has 0 bridgehead atoms. The van der Waals surface area contributed by atoms with Crippen LogP contribution in [0.4, 0.5) is 5.69 Å². The number of benzene rings is 2. The number of ether oxygens (including phenoxy) is 1. The number of hydrogen-bond acceptors (Lipinski definition) is 6. The van der Waals surface area contributed by atoms with Crippen LogP contribution >= 0.6 is 11.6 Å². The van der Waals surface area contributed by atoms with E-state index < -0.39 is 27.3 Å². The largest absolute Gasteiger partial charge is 0.490 e. The van der Waals surface area contributed by atoms with Gasteiger partial charge in [0.05, 0.1) is 29.2 Å². The van der Waals surface area contributed by atoms with Gasteiger partial charge in [-0.25, -0.2) is 18.4 Å². The lowest BCUT2D eigenvalue weighted by molar-refractivity contribution is 0.0453. The Morgan fingerprint density at radius 3 is 2.73 bits per heavy atom. The number of aliphatic hydroxyl groups excluding tert-OH is 1. The highest BCUT2D eigenvalue weighted by Gasteiger charge is 2.44. The monoisotopic (exact) mass is 600 g/mol. The maximum absolute atomic E-state index is 11.9. The molecule has 6 rings (SSSR count). The Labute approximate surface area is 246 Å². The second kappa shape index (κ2) is 10.9. The first-order valence-electron chi connectivity index (χ1n) is 14.4. The Balaban J connectivity index is 1.24. The number of aromatic carboxylic acids is 1. The summed E-state index contributed by atoms with van der Waals surface area (Å²) in [5.74, 6) is 0.114. The van der Waals surface area contributed by atoms with Crippen molar-refractivity contribution in [3.63, 3.8) is 0 Å². The molecule has 0 unspecified atom stereocenters. The smallest absolute Gasteiger partial charge is 0.335 e. The normalized spacial score (nSPS) is 30.0. The number of sulfonamides is 1. The first kappa shape index (κ1) is 28.5. The van der Waals surface area contributed by atoms with E-state index in [-0.39, 0.29) is 28.7 Å². The van der Waals surface area contributed by atoms with E-state index in [9.17, 15) is 23.4 Å². The van der Waals surface area contributed by atoms with Gasteiger partial charge < -0.3 is 19.8 Å². The number of rotatable bonds is 7. The molecule has 0 saturated heterocycles. The summed E-state index contributed by atoms with van der Waals surface area (Å²) in [6.07, 6.45) is 8.96. The van der Waals surface area contributed by atoms with Crippen molar-refractivity contribution >= 4 is 33.3 Å². The highest BCUT2D eigenvalue weighted by Crippen LogP contribution is 2.47. The van der Waals surface area contributed by atoms with E-state index in [1.54, 1.807) is 18.2 Å². The minimum absolute atomic E-state index is 0.0732. The summed E-state index contributed by atoms with van der Waals surface area (Å²) >= 11 is 6.35. The van der Waals surface area contributed by atoms with Crippen molar-refractivity contribution in [3.05, 3.63) is 70.3 Å². The van der Waals surface area contributed by atoms with Gasteiger partial charge >= 0.3 is 5.97 Å². The van der Waals surface area contributed by atoms with Gasteiger partial charge in [-0.1, -0.05) is 29.8 Å². The number of aliphatic hydroxyl groups is 1. The number of allylic oxidation sites excluding steroid dienone is 1. The Morgan fingerprint density at radius 1 is 1.22 bits per heavy atom. The number of anilines is 1. The van der Waals surface area contributed by atoms with Gasteiger partial charge in [-0.15, -0.1) is 0 Å². The quantitative estimate of drug-likeness (QED) is 0.398.